The smallest absolute Gasteiger partial charge is 0.305 e. The molecule has 0 radical (unpaired) electrons. The van der Waals surface area contributed by atoms with Gasteiger partial charge in [-0.15, -0.1) is 0 Å². The Labute approximate surface area is 135 Å². The van der Waals surface area contributed by atoms with Gasteiger partial charge in [0.25, 0.3) is 10.0 Å². The summed E-state index contributed by atoms with van der Waals surface area (Å²) < 4.78 is 31.8. The van der Waals surface area contributed by atoms with Crippen LogP contribution in [0.15, 0.2) is 59.5 Å². The maximum atomic E-state index is 12.8. The lowest BCUT2D eigenvalue weighted by atomic mass is 10.3. The van der Waals surface area contributed by atoms with Gasteiger partial charge in [-0.2, -0.15) is 0 Å². The van der Waals surface area contributed by atoms with Crippen LogP contribution in [0.4, 0.5) is 5.69 Å². The van der Waals surface area contributed by atoms with Crippen LogP contribution in [0.2, 0.25) is 0 Å². The minimum Gasteiger partial charge on any atom is -0.497 e. The highest BCUT2D eigenvalue weighted by Gasteiger charge is 2.25. The van der Waals surface area contributed by atoms with E-state index in [1.807, 2.05) is 0 Å². The zero-order valence-electron chi connectivity index (χ0n) is 12.5. The fraction of sp³-hybridized carbons (Fsp3) is 0.188. The summed E-state index contributed by atoms with van der Waals surface area (Å²) >= 11 is 0. The third-order valence-corrected chi connectivity index (χ3v) is 5.06. The number of sulfonamides is 1. The van der Waals surface area contributed by atoms with E-state index >= 15 is 0 Å². The summed E-state index contributed by atoms with van der Waals surface area (Å²) in [5.41, 5.74) is 0.385. The van der Waals surface area contributed by atoms with Crippen LogP contribution in [0, 0.1) is 0 Å². The fourth-order valence-electron chi connectivity index (χ4n) is 2.05. The number of benzene rings is 2. The summed E-state index contributed by atoms with van der Waals surface area (Å²) in [6.07, 6.45) is -0.294. The largest absolute Gasteiger partial charge is 0.497 e. The van der Waals surface area contributed by atoms with E-state index in [2.05, 4.69) is 0 Å². The van der Waals surface area contributed by atoms with Gasteiger partial charge in [-0.05, 0) is 36.4 Å². The molecular formula is C16H17NO5S. The number of hydrogen-bond acceptors (Lipinski definition) is 4. The van der Waals surface area contributed by atoms with Crippen molar-refractivity contribution >= 4 is 21.7 Å². The number of aliphatic carboxylic acids is 1. The molecule has 2 rings (SSSR count). The molecule has 0 aromatic heterocycles. The highest BCUT2D eigenvalue weighted by molar-refractivity contribution is 7.92. The first-order chi connectivity index (χ1) is 10.9. The molecule has 23 heavy (non-hydrogen) atoms. The van der Waals surface area contributed by atoms with Crippen molar-refractivity contribution in [3.8, 4) is 5.75 Å². The average molecular weight is 335 g/mol. The Morgan fingerprint density at radius 3 is 2.22 bits per heavy atom. The van der Waals surface area contributed by atoms with Gasteiger partial charge in [0.15, 0.2) is 0 Å². The maximum Gasteiger partial charge on any atom is 0.305 e. The zero-order chi connectivity index (χ0) is 16.9. The van der Waals surface area contributed by atoms with Crippen LogP contribution in [0.1, 0.15) is 6.42 Å². The topological polar surface area (TPSA) is 83.9 Å². The Balaban J connectivity index is 2.42. The lowest BCUT2D eigenvalue weighted by Crippen LogP contribution is -2.33. The van der Waals surface area contributed by atoms with Crippen LogP contribution in [-0.2, 0) is 14.8 Å². The standard InChI is InChI=1S/C16H17NO5S/c1-22-14-9-7-13(8-10-14)17(12-11-16(18)19)23(20,21)15-5-3-2-4-6-15/h2-10H,11-12H2,1H3,(H,18,19). The summed E-state index contributed by atoms with van der Waals surface area (Å²) in [5, 5.41) is 8.89. The molecule has 2 aromatic carbocycles. The number of methoxy groups -OCH3 is 1. The van der Waals surface area contributed by atoms with Crippen LogP contribution in [-0.4, -0.2) is 33.1 Å². The molecule has 0 aliphatic carbocycles. The summed E-state index contributed by atoms with van der Waals surface area (Å²) in [7, 11) is -2.33. The number of hydrogen-bond donors (Lipinski definition) is 1. The quantitative estimate of drug-likeness (QED) is 0.840. The van der Waals surface area contributed by atoms with Gasteiger partial charge in [-0.25, -0.2) is 8.42 Å². The highest BCUT2D eigenvalue weighted by Crippen LogP contribution is 2.25. The monoisotopic (exact) mass is 335 g/mol. The summed E-state index contributed by atoms with van der Waals surface area (Å²) in [6.45, 7) is -0.154. The van der Waals surface area contributed by atoms with E-state index in [1.165, 1.54) is 19.2 Å². The molecule has 0 saturated carbocycles. The maximum absolute atomic E-state index is 12.8. The number of carbonyl (C=O) groups is 1. The predicted octanol–water partition coefficient (Wildman–Crippen LogP) is 2.37. The first-order valence-electron chi connectivity index (χ1n) is 6.89. The molecule has 2 aromatic rings. The molecule has 0 saturated heterocycles. The molecule has 1 N–H and O–H groups in total. The van der Waals surface area contributed by atoms with Gasteiger partial charge in [0.1, 0.15) is 5.75 Å². The van der Waals surface area contributed by atoms with Crippen LogP contribution >= 0.6 is 0 Å². The van der Waals surface area contributed by atoms with E-state index in [0.717, 1.165) is 4.31 Å². The van der Waals surface area contributed by atoms with Gasteiger partial charge < -0.3 is 9.84 Å². The molecule has 0 unspecified atom stereocenters. The van der Waals surface area contributed by atoms with Gasteiger partial charge in [0.05, 0.1) is 24.1 Å². The minimum atomic E-state index is -3.84. The van der Waals surface area contributed by atoms with Crippen molar-refractivity contribution in [1.82, 2.24) is 0 Å². The van der Waals surface area contributed by atoms with Gasteiger partial charge in [0.2, 0.25) is 0 Å². The lowest BCUT2D eigenvalue weighted by molar-refractivity contribution is -0.136. The lowest BCUT2D eigenvalue weighted by Gasteiger charge is -2.24. The first-order valence-corrected chi connectivity index (χ1v) is 8.33. The highest BCUT2D eigenvalue weighted by atomic mass is 32.2. The van der Waals surface area contributed by atoms with E-state index in [4.69, 9.17) is 9.84 Å². The normalized spacial score (nSPS) is 11.0. The molecule has 7 heteroatoms. The Morgan fingerprint density at radius 2 is 1.70 bits per heavy atom. The van der Waals surface area contributed by atoms with E-state index in [1.54, 1.807) is 42.5 Å². The van der Waals surface area contributed by atoms with E-state index in [-0.39, 0.29) is 17.9 Å². The minimum absolute atomic E-state index is 0.112. The average Bonchev–Trinajstić information content (AvgIpc) is 2.56. The van der Waals surface area contributed by atoms with Gasteiger partial charge in [-0.3, -0.25) is 9.10 Å². The number of anilines is 1. The van der Waals surface area contributed by atoms with Crippen molar-refractivity contribution in [2.45, 2.75) is 11.3 Å². The van der Waals surface area contributed by atoms with Crippen molar-refractivity contribution < 1.29 is 23.1 Å². The van der Waals surface area contributed by atoms with Crippen LogP contribution in [0.3, 0.4) is 0 Å². The van der Waals surface area contributed by atoms with Gasteiger partial charge in [0, 0.05) is 6.54 Å². The molecule has 122 valence electrons. The molecule has 0 spiro atoms. The molecule has 6 nitrogen and oxygen atoms in total. The molecule has 0 heterocycles. The summed E-state index contributed by atoms with van der Waals surface area (Å²) in [4.78, 5) is 11.0. The Hall–Kier alpha value is -2.54. The Morgan fingerprint density at radius 1 is 1.09 bits per heavy atom. The SMILES string of the molecule is COc1ccc(N(CCC(=O)O)S(=O)(=O)c2ccccc2)cc1. The molecule has 0 amide bonds. The van der Waals surface area contributed by atoms with E-state index < -0.39 is 16.0 Å². The molecule has 0 fully saturated rings. The van der Waals surface area contributed by atoms with Crippen LogP contribution in [0.5, 0.6) is 5.75 Å². The van der Waals surface area contributed by atoms with E-state index in [9.17, 15) is 13.2 Å². The molecular weight excluding hydrogens is 318 g/mol. The molecule has 0 aliphatic heterocycles. The van der Waals surface area contributed by atoms with E-state index in [0.29, 0.717) is 11.4 Å². The van der Waals surface area contributed by atoms with Crippen molar-refractivity contribution in [2.75, 3.05) is 18.0 Å². The predicted molar refractivity (Wildman–Crippen MR) is 86.2 cm³/mol. The Kier molecular flexibility index (Phi) is 5.23. The first kappa shape index (κ1) is 16.8. The second kappa shape index (κ2) is 7.15. The Bertz CT molecular complexity index is 757. The molecule has 0 aliphatic rings. The van der Waals surface area contributed by atoms with Crippen LogP contribution < -0.4 is 9.04 Å². The number of ether oxygens (including phenoxy) is 1. The second-order valence-corrected chi connectivity index (χ2v) is 6.59. The van der Waals surface area contributed by atoms with Gasteiger partial charge >= 0.3 is 5.97 Å². The van der Waals surface area contributed by atoms with Crippen molar-refractivity contribution in [3.63, 3.8) is 0 Å². The second-order valence-electron chi connectivity index (χ2n) is 4.73. The number of nitrogens with zero attached hydrogens (tertiary/aromatic N) is 1. The summed E-state index contributed by atoms with van der Waals surface area (Å²) in [6, 6.07) is 14.3. The number of carboxylic acids is 1. The van der Waals surface area contributed by atoms with Crippen LogP contribution in [0.25, 0.3) is 0 Å². The molecule has 0 atom stereocenters. The summed E-state index contributed by atoms with van der Waals surface area (Å²) in [5.74, 6) is -0.476. The fourth-order valence-corrected chi connectivity index (χ4v) is 3.54. The van der Waals surface area contributed by atoms with Crippen molar-refractivity contribution in [2.24, 2.45) is 0 Å². The number of rotatable bonds is 7. The van der Waals surface area contributed by atoms with Crippen molar-refractivity contribution in [3.05, 3.63) is 54.6 Å². The van der Waals surface area contributed by atoms with Crippen molar-refractivity contribution in [1.29, 1.82) is 0 Å². The molecule has 0 bridgehead atoms. The zero-order valence-corrected chi connectivity index (χ0v) is 13.4. The van der Waals surface area contributed by atoms with Gasteiger partial charge in [-0.1, -0.05) is 18.2 Å². The third-order valence-electron chi connectivity index (χ3n) is 3.22. The number of carboxylic acid groups (broad SMARTS) is 1. The third kappa shape index (κ3) is 4.01.